The zero-order valence-electron chi connectivity index (χ0n) is 7.53. The van der Waals surface area contributed by atoms with Crippen molar-refractivity contribution in [2.24, 2.45) is 0 Å². The molecule has 2 aliphatic heterocycles. The van der Waals surface area contributed by atoms with Crippen molar-refractivity contribution in [3.63, 3.8) is 0 Å². The Hall–Kier alpha value is -0.830. The topological polar surface area (TPSA) is 23.6 Å². The normalized spacial score (nSPS) is 35.8. The fraction of sp³-hybridized carbons (Fsp3) is 0.667. The van der Waals surface area contributed by atoms with Crippen LogP contribution in [0.1, 0.15) is 6.42 Å². The van der Waals surface area contributed by atoms with Crippen LogP contribution < -0.4 is 0 Å². The summed E-state index contributed by atoms with van der Waals surface area (Å²) in [6.45, 7) is 0.974. The molecule has 0 aromatic rings. The smallest absolute Gasteiger partial charge is 0.224 e. The zero-order valence-corrected chi connectivity index (χ0v) is 7.53. The van der Waals surface area contributed by atoms with E-state index in [1.165, 1.54) is 0 Å². The summed E-state index contributed by atoms with van der Waals surface area (Å²) in [4.78, 5) is 15.4. The predicted octanol–water partition coefficient (Wildman–Crippen LogP) is 0.0873. The van der Waals surface area contributed by atoms with Gasteiger partial charge in [0.2, 0.25) is 5.91 Å². The van der Waals surface area contributed by atoms with Crippen LogP contribution in [0.3, 0.4) is 0 Å². The molecule has 0 aromatic carbocycles. The molecule has 0 bridgehead atoms. The van der Waals surface area contributed by atoms with Crippen LogP contribution in [0.5, 0.6) is 0 Å². The Labute approximate surface area is 72.6 Å². The van der Waals surface area contributed by atoms with E-state index in [0.717, 1.165) is 6.54 Å². The van der Waals surface area contributed by atoms with Gasteiger partial charge in [-0.25, -0.2) is 0 Å². The molecule has 1 amide bonds. The number of likely N-dealkylation sites (tertiary alicyclic amines) is 1. The van der Waals surface area contributed by atoms with Gasteiger partial charge in [0.15, 0.2) is 0 Å². The molecule has 2 unspecified atom stereocenters. The van der Waals surface area contributed by atoms with Crippen molar-refractivity contribution in [3.8, 4) is 0 Å². The second-order valence-corrected chi connectivity index (χ2v) is 3.63. The largest absolute Gasteiger partial charge is 0.338 e. The van der Waals surface area contributed by atoms with E-state index in [1.807, 2.05) is 11.9 Å². The van der Waals surface area contributed by atoms with Crippen LogP contribution in [0.4, 0.5) is 0 Å². The maximum atomic E-state index is 11.4. The molecule has 3 heteroatoms. The van der Waals surface area contributed by atoms with Crippen LogP contribution >= 0.6 is 0 Å². The lowest BCUT2D eigenvalue weighted by Crippen LogP contribution is -2.44. The zero-order chi connectivity index (χ0) is 8.72. The third kappa shape index (κ3) is 0.966. The molecule has 0 aliphatic carbocycles. The first kappa shape index (κ1) is 7.80. The second-order valence-electron chi connectivity index (χ2n) is 3.63. The van der Waals surface area contributed by atoms with Crippen molar-refractivity contribution in [3.05, 3.63) is 12.2 Å². The Kier molecular flexibility index (Phi) is 1.68. The quantitative estimate of drug-likeness (QED) is 0.476. The molecular formula is C9H14N2O. The summed E-state index contributed by atoms with van der Waals surface area (Å²) >= 11 is 0. The third-order valence-electron chi connectivity index (χ3n) is 2.91. The van der Waals surface area contributed by atoms with Gasteiger partial charge in [-0.15, -0.1) is 0 Å². The summed E-state index contributed by atoms with van der Waals surface area (Å²) in [5, 5.41) is 0. The number of hydrogen-bond donors (Lipinski definition) is 0. The SMILES string of the molecule is CN1CC=CC2C1CC(=O)N2C. The maximum Gasteiger partial charge on any atom is 0.224 e. The van der Waals surface area contributed by atoms with E-state index in [0.29, 0.717) is 18.5 Å². The summed E-state index contributed by atoms with van der Waals surface area (Å²) in [6.07, 6.45) is 4.97. The average Bonchev–Trinajstić information content (AvgIpc) is 2.32. The summed E-state index contributed by atoms with van der Waals surface area (Å²) in [7, 11) is 3.96. The van der Waals surface area contributed by atoms with Crippen molar-refractivity contribution < 1.29 is 4.79 Å². The Balaban J connectivity index is 2.25. The van der Waals surface area contributed by atoms with E-state index in [9.17, 15) is 4.79 Å². The molecule has 2 rings (SSSR count). The van der Waals surface area contributed by atoms with Crippen molar-refractivity contribution in [2.45, 2.75) is 18.5 Å². The molecule has 0 saturated carbocycles. The third-order valence-corrected chi connectivity index (χ3v) is 2.91. The first-order valence-corrected chi connectivity index (χ1v) is 4.32. The van der Waals surface area contributed by atoms with Gasteiger partial charge >= 0.3 is 0 Å². The summed E-state index contributed by atoms with van der Waals surface area (Å²) in [6, 6.07) is 0.726. The fourth-order valence-electron chi connectivity index (χ4n) is 2.04. The molecule has 1 fully saturated rings. The lowest BCUT2D eigenvalue weighted by atomic mass is 10.0. The Bertz CT molecular complexity index is 237. The molecule has 2 aliphatic rings. The molecule has 12 heavy (non-hydrogen) atoms. The number of rotatable bonds is 0. The Morgan fingerprint density at radius 3 is 2.92 bits per heavy atom. The maximum absolute atomic E-state index is 11.4. The van der Waals surface area contributed by atoms with Crippen molar-refractivity contribution in [2.75, 3.05) is 20.6 Å². The van der Waals surface area contributed by atoms with E-state index >= 15 is 0 Å². The molecule has 2 heterocycles. The van der Waals surface area contributed by atoms with Gasteiger partial charge in [-0.05, 0) is 7.05 Å². The molecule has 3 nitrogen and oxygen atoms in total. The van der Waals surface area contributed by atoms with Crippen LogP contribution in [0.25, 0.3) is 0 Å². The average molecular weight is 166 g/mol. The van der Waals surface area contributed by atoms with Gasteiger partial charge in [0, 0.05) is 26.1 Å². The highest BCUT2D eigenvalue weighted by molar-refractivity contribution is 5.80. The van der Waals surface area contributed by atoms with Crippen molar-refractivity contribution >= 4 is 5.91 Å². The molecule has 0 N–H and O–H groups in total. The van der Waals surface area contributed by atoms with E-state index in [-0.39, 0.29) is 5.91 Å². The van der Waals surface area contributed by atoms with Gasteiger partial charge in [0.25, 0.3) is 0 Å². The number of fused-ring (bicyclic) bond motifs is 1. The molecule has 0 radical (unpaired) electrons. The Morgan fingerprint density at radius 1 is 1.50 bits per heavy atom. The van der Waals surface area contributed by atoms with E-state index in [1.54, 1.807) is 0 Å². The van der Waals surface area contributed by atoms with Gasteiger partial charge in [0.1, 0.15) is 0 Å². The van der Waals surface area contributed by atoms with Gasteiger partial charge in [0.05, 0.1) is 6.04 Å². The van der Waals surface area contributed by atoms with E-state index in [4.69, 9.17) is 0 Å². The van der Waals surface area contributed by atoms with E-state index < -0.39 is 0 Å². The van der Waals surface area contributed by atoms with Crippen LogP contribution in [0.15, 0.2) is 12.2 Å². The van der Waals surface area contributed by atoms with Crippen LogP contribution in [-0.4, -0.2) is 48.4 Å². The number of likely N-dealkylation sites (N-methyl/N-ethyl adjacent to an activating group) is 2. The lowest BCUT2D eigenvalue weighted by molar-refractivity contribution is -0.127. The monoisotopic (exact) mass is 166 g/mol. The summed E-state index contributed by atoms with van der Waals surface area (Å²) in [5.74, 6) is 0.267. The van der Waals surface area contributed by atoms with E-state index in [2.05, 4.69) is 24.1 Å². The van der Waals surface area contributed by atoms with Gasteiger partial charge < -0.3 is 4.90 Å². The summed E-state index contributed by atoms with van der Waals surface area (Å²) in [5.41, 5.74) is 0. The highest BCUT2D eigenvalue weighted by Gasteiger charge is 2.39. The number of hydrogen-bond acceptors (Lipinski definition) is 2. The number of nitrogens with zero attached hydrogens (tertiary/aromatic N) is 2. The minimum Gasteiger partial charge on any atom is -0.338 e. The standard InChI is InChI=1S/C9H14N2O/c1-10-5-3-4-7-8(10)6-9(12)11(7)2/h3-4,7-8H,5-6H2,1-2H3. The number of carbonyl (C=O) groups is 1. The summed E-state index contributed by atoms with van der Waals surface area (Å²) < 4.78 is 0. The minimum atomic E-state index is 0.267. The molecule has 0 aromatic heterocycles. The molecule has 0 spiro atoms. The van der Waals surface area contributed by atoms with Gasteiger partial charge in [-0.1, -0.05) is 12.2 Å². The first-order valence-electron chi connectivity index (χ1n) is 4.32. The Morgan fingerprint density at radius 2 is 2.25 bits per heavy atom. The van der Waals surface area contributed by atoms with Crippen molar-refractivity contribution in [1.82, 2.24) is 9.80 Å². The van der Waals surface area contributed by atoms with Crippen LogP contribution in [0.2, 0.25) is 0 Å². The highest BCUT2D eigenvalue weighted by Crippen LogP contribution is 2.25. The van der Waals surface area contributed by atoms with Crippen LogP contribution in [0, 0.1) is 0 Å². The van der Waals surface area contributed by atoms with Gasteiger partial charge in [-0.3, -0.25) is 9.69 Å². The minimum absolute atomic E-state index is 0.267. The molecular weight excluding hydrogens is 152 g/mol. The first-order chi connectivity index (χ1) is 5.70. The second kappa shape index (κ2) is 2.59. The number of carbonyl (C=O) groups excluding carboxylic acids is 1. The molecule has 1 saturated heterocycles. The highest BCUT2D eigenvalue weighted by atomic mass is 16.2. The number of amides is 1. The van der Waals surface area contributed by atoms with Gasteiger partial charge in [-0.2, -0.15) is 0 Å². The predicted molar refractivity (Wildman–Crippen MR) is 46.7 cm³/mol. The molecule has 66 valence electrons. The van der Waals surface area contributed by atoms with Crippen molar-refractivity contribution in [1.29, 1.82) is 0 Å². The lowest BCUT2D eigenvalue weighted by Gasteiger charge is -2.32. The molecule has 2 atom stereocenters. The fourth-order valence-corrected chi connectivity index (χ4v) is 2.04. The van der Waals surface area contributed by atoms with Crippen LogP contribution in [-0.2, 0) is 4.79 Å².